The molecule has 27 heavy (non-hydrogen) atoms. The van der Waals surface area contributed by atoms with Crippen LogP contribution < -0.4 is 10.1 Å². The van der Waals surface area contributed by atoms with Crippen LogP contribution in [-0.2, 0) is 9.53 Å². The molecule has 0 bridgehead atoms. The van der Waals surface area contributed by atoms with Gasteiger partial charge in [-0.3, -0.25) is 4.79 Å². The van der Waals surface area contributed by atoms with Crippen LogP contribution in [-0.4, -0.2) is 49.3 Å². The van der Waals surface area contributed by atoms with Crippen molar-refractivity contribution in [2.24, 2.45) is 0 Å². The predicted molar refractivity (Wildman–Crippen MR) is 110 cm³/mol. The summed E-state index contributed by atoms with van der Waals surface area (Å²) in [5.74, 6) is 0.721. The molecule has 1 N–H and O–H groups in total. The maximum atomic E-state index is 12.5. The van der Waals surface area contributed by atoms with Gasteiger partial charge < -0.3 is 19.7 Å². The van der Waals surface area contributed by atoms with Gasteiger partial charge in [-0.15, -0.1) is 0 Å². The predicted octanol–water partition coefficient (Wildman–Crippen LogP) is 4.47. The normalized spacial score (nSPS) is 20.1. The second-order valence-electron chi connectivity index (χ2n) is 7.75. The van der Waals surface area contributed by atoms with E-state index in [4.69, 9.17) is 9.47 Å². The zero-order chi connectivity index (χ0) is 19.7. The van der Waals surface area contributed by atoms with Crippen molar-refractivity contribution in [3.05, 3.63) is 24.3 Å². The number of rotatable bonds is 10. The Labute approximate surface area is 164 Å². The molecule has 1 aliphatic rings. The second kappa shape index (κ2) is 10.7. The van der Waals surface area contributed by atoms with Crippen molar-refractivity contribution in [1.29, 1.82) is 0 Å². The molecule has 5 heteroatoms. The molecule has 0 spiro atoms. The summed E-state index contributed by atoms with van der Waals surface area (Å²) >= 11 is 0. The number of carbonyl (C=O) groups excluding carboxylic acids is 1. The van der Waals surface area contributed by atoms with Crippen molar-refractivity contribution in [1.82, 2.24) is 4.90 Å². The van der Waals surface area contributed by atoms with E-state index in [1.54, 1.807) is 7.11 Å². The number of methoxy groups -OCH3 is 1. The lowest BCUT2D eigenvalue weighted by Gasteiger charge is -2.33. The number of hydrogen-bond acceptors (Lipinski definition) is 4. The van der Waals surface area contributed by atoms with E-state index in [0.29, 0.717) is 19.1 Å². The maximum absolute atomic E-state index is 12.5. The summed E-state index contributed by atoms with van der Waals surface area (Å²) in [6, 6.07) is 8.27. The van der Waals surface area contributed by atoms with E-state index in [9.17, 15) is 4.79 Å². The number of amides is 1. The van der Waals surface area contributed by atoms with Gasteiger partial charge in [0.25, 0.3) is 5.91 Å². The first-order valence-electron chi connectivity index (χ1n) is 10.3. The fraction of sp³-hybridized carbons (Fsp3) is 0.682. The Morgan fingerprint density at radius 2 is 2.04 bits per heavy atom. The number of likely N-dealkylation sites (tertiary alicyclic amines) is 1. The first-order valence-corrected chi connectivity index (χ1v) is 10.3. The lowest BCUT2D eigenvalue weighted by molar-refractivity contribution is -0.136. The van der Waals surface area contributed by atoms with Gasteiger partial charge in [-0.2, -0.15) is 0 Å². The maximum Gasteiger partial charge on any atom is 0.256 e. The number of hydrogen-bond donors (Lipinski definition) is 1. The molecule has 0 saturated carbocycles. The number of nitrogens with zero attached hydrogens (tertiary/aromatic N) is 1. The van der Waals surface area contributed by atoms with Crippen LogP contribution in [0.4, 0.5) is 5.69 Å². The van der Waals surface area contributed by atoms with Gasteiger partial charge in [0, 0.05) is 25.4 Å². The van der Waals surface area contributed by atoms with Crippen molar-refractivity contribution in [2.45, 2.75) is 70.9 Å². The van der Waals surface area contributed by atoms with Gasteiger partial charge in [0.05, 0.1) is 6.61 Å². The fourth-order valence-corrected chi connectivity index (χ4v) is 3.63. The molecule has 0 radical (unpaired) electrons. The highest BCUT2D eigenvalue weighted by atomic mass is 16.5. The Hall–Kier alpha value is -1.59. The van der Waals surface area contributed by atoms with Gasteiger partial charge in [0.2, 0.25) is 0 Å². The average molecular weight is 377 g/mol. The molecule has 1 amide bonds. The fourth-order valence-electron chi connectivity index (χ4n) is 3.63. The third-order valence-electron chi connectivity index (χ3n) is 5.57. The lowest BCUT2D eigenvalue weighted by atomic mass is 9.99. The van der Waals surface area contributed by atoms with Crippen LogP contribution >= 0.6 is 0 Å². The summed E-state index contributed by atoms with van der Waals surface area (Å²) in [6.07, 6.45) is 6.60. The molecular weight excluding hydrogens is 340 g/mol. The molecule has 2 atom stereocenters. The van der Waals surface area contributed by atoms with Crippen LogP contribution in [0.5, 0.6) is 5.75 Å². The van der Waals surface area contributed by atoms with Crippen LogP contribution in [0, 0.1) is 0 Å². The second-order valence-corrected chi connectivity index (χ2v) is 7.75. The van der Waals surface area contributed by atoms with Gasteiger partial charge >= 0.3 is 0 Å². The van der Waals surface area contributed by atoms with Gasteiger partial charge in [-0.25, -0.2) is 0 Å². The largest absolute Gasteiger partial charge is 0.494 e. The van der Waals surface area contributed by atoms with Gasteiger partial charge in [0.1, 0.15) is 11.4 Å². The Morgan fingerprint density at radius 3 is 2.67 bits per heavy atom. The van der Waals surface area contributed by atoms with Crippen LogP contribution in [0.15, 0.2) is 24.3 Å². The third kappa shape index (κ3) is 6.51. The van der Waals surface area contributed by atoms with E-state index in [1.807, 2.05) is 38.1 Å². The number of nitrogens with one attached hydrogen (secondary N) is 1. The van der Waals surface area contributed by atoms with Crippen LogP contribution in [0.25, 0.3) is 0 Å². The molecule has 0 aliphatic carbocycles. The highest BCUT2D eigenvalue weighted by molar-refractivity contribution is 5.97. The molecule has 0 aromatic heterocycles. The standard InChI is InChI=1S/C22H36N2O3/c1-5-14-22(3,26-4)21(25)23-19-10-12-20(13-11-19)27-17-8-16-24-15-7-6-9-18(24)2/h10-13,18H,5-9,14-17H2,1-4H3,(H,23,25)/t18-,22+/m1/s1. The molecule has 1 fully saturated rings. The molecular formula is C22H36N2O3. The quantitative estimate of drug-likeness (QED) is 0.612. The average Bonchev–Trinajstić information content (AvgIpc) is 2.67. The highest BCUT2D eigenvalue weighted by Gasteiger charge is 2.32. The zero-order valence-corrected chi connectivity index (χ0v) is 17.4. The molecule has 5 nitrogen and oxygen atoms in total. The van der Waals surface area contributed by atoms with E-state index in [0.717, 1.165) is 30.8 Å². The monoisotopic (exact) mass is 376 g/mol. The minimum Gasteiger partial charge on any atom is -0.494 e. The molecule has 0 unspecified atom stereocenters. The molecule has 1 aromatic carbocycles. The molecule has 2 rings (SSSR count). The number of ether oxygens (including phenoxy) is 2. The Bertz CT molecular complexity index is 575. The Morgan fingerprint density at radius 1 is 1.30 bits per heavy atom. The highest BCUT2D eigenvalue weighted by Crippen LogP contribution is 2.22. The Kier molecular flexibility index (Phi) is 8.58. The van der Waals surface area contributed by atoms with Crippen molar-refractivity contribution in [3.8, 4) is 5.75 Å². The molecule has 1 aliphatic heterocycles. The van der Waals surface area contributed by atoms with Gasteiger partial charge in [-0.05, 0) is 70.3 Å². The number of piperidine rings is 1. The first kappa shape index (κ1) is 21.7. The minimum atomic E-state index is -0.796. The summed E-state index contributed by atoms with van der Waals surface area (Å²) in [5, 5.41) is 2.93. The van der Waals surface area contributed by atoms with Crippen molar-refractivity contribution in [2.75, 3.05) is 32.1 Å². The SMILES string of the molecule is CCC[C@](C)(OC)C(=O)Nc1ccc(OCCCN2CCCC[C@H]2C)cc1. The summed E-state index contributed by atoms with van der Waals surface area (Å²) in [6.45, 7) is 9.22. The van der Waals surface area contributed by atoms with Gasteiger partial charge in [0.15, 0.2) is 0 Å². The van der Waals surface area contributed by atoms with E-state index in [-0.39, 0.29) is 5.91 Å². The van der Waals surface area contributed by atoms with E-state index < -0.39 is 5.60 Å². The molecule has 152 valence electrons. The minimum absolute atomic E-state index is 0.115. The smallest absolute Gasteiger partial charge is 0.256 e. The summed E-state index contributed by atoms with van der Waals surface area (Å²) in [5.41, 5.74) is -0.0379. The Balaban J connectivity index is 1.75. The van der Waals surface area contributed by atoms with Crippen LogP contribution in [0.2, 0.25) is 0 Å². The van der Waals surface area contributed by atoms with E-state index in [2.05, 4.69) is 17.1 Å². The third-order valence-corrected chi connectivity index (χ3v) is 5.57. The van der Waals surface area contributed by atoms with Crippen LogP contribution in [0.1, 0.15) is 59.3 Å². The lowest BCUT2D eigenvalue weighted by Crippen LogP contribution is -2.41. The van der Waals surface area contributed by atoms with E-state index in [1.165, 1.54) is 25.8 Å². The number of carbonyl (C=O) groups is 1. The van der Waals surface area contributed by atoms with Gasteiger partial charge in [-0.1, -0.05) is 19.8 Å². The number of anilines is 1. The summed E-state index contributed by atoms with van der Waals surface area (Å²) < 4.78 is 11.3. The number of benzene rings is 1. The van der Waals surface area contributed by atoms with Crippen molar-refractivity contribution in [3.63, 3.8) is 0 Å². The molecule has 1 aromatic rings. The van der Waals surface area contributed by atoms with E-state index >= 15 is 0 Å². The van der Waals surface area contributed by atoms with Crippen LogP contribution in [0.3, 0.4) is 0 Å². The summed E-state index contributed by atoms with van der Waals surface area (Å²) in [4.78, 5) is 15.0. The summed E-state index contributed by atoms with van der Waals surface area (Å²) in [7, 11) is 1.58. The van der Waals surface area contributed by atoms with Crippen molar-refractivity contribution < 1.29 is 14.3 Å². The topological polar surface area (TPSA) is 50.8 Å². The molecule has 1 heterocycles. The zero-order valence-electron chi connectivity index (χ0n) is 17.4. The first-order chi connectivity index (χ1) is 13.0. The van der Waals surface area contributed by atoms with Crippen molar-refractivity contribution >= 4 is 11.6 Å². The molecule has 1 saturated heterocycles.